The van der Waals surface area contributed by atoms with E-state index in [-0.39, 0.29) is 11.3 Å². The van der Waals surface area contributed by atoms with Gasteiger partial charge in [0.05, 0.1) is 17.3 Å². The van der Waals surface area contributed by atoms with Gasteiger partial charge in [-0.1, -0.05) is 30.3 Å². The summed E-state index contributed by atoms with van der Waals surface area (Å²) in [6.45, 7) is 0.518. The Hall–Kier alpha value is -1.72. The average Bonchev–Trinajstić information content (AvgIpc) is 3.52. The van der Waals surface area contributed by atoms with Crippen LogP contribution in [0.5, 0.6) is 0 Å². The molecule has 4 nitrogen and oxygen atoms in total. The molecular formula is C18H20N2O2S. The summed E-state index contributed by atoms with van der Waals surface area (Å²) in [6.07, 6.45) is 3.65. The van der Waals surface area contributed by atoms with Crippen molar-refractivity contribution in [2.24, 2.45) is 5.41 Å². The number of aliphatic hydroxyl groups is 1. The molecule has 1 aromatic heterocycles. The molecular weight excluding hydrogens is 308 g/mol. The van der Waals surface area contributed by atoms with Crippen molar-refractivity contribution in [1.82, 2.24) is 10.3 Å². The largest absolute Gasteiger partial charge is 0.388 e. The molecule has 1 atom stereocenters. The lowest BCUT2D eigenvalue weighted by Crippen LogP contribution is -2.33. The van der Waals surface area contributed by atoms with E-state index in [0.717, 1.165) is 41.8 Å². The van der Waals surface area contributed by atoms with Gasteiger partial charge in [0, 0.05) is 17.9 Å². The molecule has 0 aliphatic heterocycles. The van der Waals surface area contributed by atoms with Gasteiger partial charge in [0.2, 0.25) is 0 Å². The number of benzene rings is 1. The average molecular weight is 328 g/mol. The van der Waals surface area contributed by atoms with Crippen molar-refractivity contribution >= 4 is 17.2 Å². The molecule has 2 N–H and O–H groups in total. The molecule has 0 spiro atoms. The van der Waals surface area contributed by atoms with Crippen LogP contribution in [0.25, 0.3) is 0 Å². The lowest BCUT2D eigenvalue weighted by Gasteiger charge is -2.23. The lowest BCUT2D eigenvalue weighted by atomic mass is 9.92. The van der Waals surface area contributed by atoms with Crippen molar-refractivity contribution in [2.75, 3.05) is 6.54 Å². The fraction of sp³-hybridized carbons (Fsp3) is 0.444. The maximum atomic E-state index is 12.5. The van der Waals surface area contributed by atoms with Crippen LogP contribution in [-0.2, 0) is 0 Å². The molecule has 0 radical (unpaired) electrons. The van der Waals surface area contributed by atoms with Crippen molar-refractivity contribution in [2.45, 2.75) is 37.7 Å². The molecule has 2 fully saturated rings. The van der Waals surface area contributed by atoms with Gasteiger partial charge in [0.25, 0.3) is 5.91 Å². The third kappa shape index (κ3) is 2.91. The van der Waals surface area contributed by atoms with Crippen LogP contribution in [0.4, 0.5) is 0 Å². The number of hydrogen-bond acceptors (Lipinski definition) is 4. The Balaban J connectivity index is 1.42. The standard InChI is InChI=1S/C18H20N2O2S/c21-16(13-4-2-1-3-5-13)18(8-9-18)10-19-17(22)15-14(12-6-7-12)20-11-23-15/h1-5,11-12,16,21H,6-10H2,(H,19,22). The van der Waals surface area contributed by atoms with Crippen molar-refractivity contribution in [1.29, 1.82) is 0 Å². The monoisotopic (exact) mass is 328 g/mol. The van der Waals surface area contributed by atoms with Crippen molar-refractivity contribution in [3.05, 3.63) is 52.0 Å². The van der Waals surface area contributed by atoms with E-state index in [2.05, 4.69) is 10.3 Å². The van der Waals surface area contributed by atoms with Gasteiger partial charge in [-0.25, -0.2) is 4.98 Å². The van der Waals surface area contributed by atoms with E-state index in [4.69, 9.17) is 0 Å². The van der Waals surface area contributed by atoms with E-state index in [1.165, 1.54) is 11.3 Å². The van der Waals surface area contributed by atoms with Crippen LogP contribution in [0.3, 0.4) is 0 Å². The molecule has 0 saturated heterocycles. The smallest absolute Gasteiger partial charge is 0.263 e. The number of aliphatic hydroxyl groups excluding tert-OH is 1. The summed E-state index contributed by atoms with van der Waals surface area (Å²) in [5.41, 5.74) is 3.44. The Bertz CT molecular complexity index is 705. The van der Waals surface area contributed by atoms with Crippen molar-refractivity contribution in [3.8, 4) is 0 Å². The lowest BCUT2D eigenvalue weighted by molar-refractivity contribution is 0.0809. The highest BCUT2D eigenvalue weighted by molar-refractivity contribution is 7.11. The normalized spacial score (nSPS) is 20.0. The highest BCUT2D eigenvalue weighted by Gasteiger charge is 2.49. The highest BCUT2D eigenvalue weighted by atomic mass is 32.1. The van der Waals surface area contributed by atoms with E-state index in [9.17, 15) is 9.90 Å². The van der Waals surface area contributed by atoms with E-state index < -0.39 is 6.10 Å². The predicted molar refractivity (Wildman–Crippen MR) is 89.5 cm³/mol. The molecule has 2 aromatic rings. The minimum absolute atomic E-state index is 0.0408. The first-order valence-corrected chi connectivity index (χ1v) is 9.02. The predicted octanol–water partition coefficient (Wildman–Crippen LogP) is 3.26. The van der Waals surface area contributed by atoms with E-state index in [1.807, 2.05) is 30.3 Å². The number of thiazole rings is 1. The van der Waals surface area contributed by atoms with Gasteiger partial charge < -0.3 is 10.4 Å². The summed E-state index contributed by atoms with van der Waals surface area (Å²) in [7, 11) is 0. The minimum Gasteiger partial charge on any atom is -0.388 e. The Morgan fingerprint density at radius 1 is 1.35 bits per heavy atom. The van der Waals surface area contributed by atoms with E-state index in [1.54, 1.807) is 5.51 Å². The van der Waals surface area contributed by atoms with Crippen LogP contribution in [0.15, 0.2) is 35.8 Å². The first-order chi connectivity index (χ1) is 11.2. The van der Waals surface area contributed by atoms with Crippen molar-refractivity contribution < 1.29 is 9.90 Å². The summed E-state index contributed by atoms with van der Waals surface area (Å²) >= 11 is 1.42. The number of carbonyl (C=O) groups is 1. The molecule has 1 heterocycles. The van der Waals surface area contributed by atoms with Gasteiger partial charge in [-0.05, 0) is 31.2 Å². The number of nitrogens with one attached hydrogen (secondary N) is 1. The minimum atomic E-state index is -0.520. The maximum absolute atomic E-state index is 12.5. The van der Waals surface area contributed by atoms with Crippen molar-refractivity contribution in [3.63, 3.8) is 0 Å². The van der Waals surface area contributed by atoms with Gasteiger partial charge >= 0.3 is 0 Å². The van der Waals surface area contributed by atoms with Gasteiger partial charge in [-0.15, -0.1) is 11.3 Å². The van der Waals surface area contributed by atoms with E-state index in [0.29, 0.717) is 12.5 Å². The number of nitrogens with zero attached hydrogens (tertiary/aromatic N) is 1. The summed E-state index contributed by atoms with van der Waals surface area (Å²) < 4.78 is 0. The molecule has 1 aromatic carbocycles. The number of amides is 1. The maximum Gasteiger partial charge on any atom is 0.263 e. The number of aromatic nitrogens is 1. The van der Waals surface area contributed by atoms with Crippen LogP contribution in [-0.4, -0.2) is 22.5 Å². The van der Waals surface area contributed by atoms with Crippen LogP contribution >= 0.6 is 11.3 Å². The van der Waals surface area contributed by atoms with Gasteiger partial charge in [-0.3, -0.25) is 4.79 Å². The Kier molecular flexibility index (Phi) is 3.70. The second-order valence-electron chi connectivity index (χ2n) is 6.70. The molecule has 5 heteroatoms. The van der Waals surface area contributed by atoms with Crippen LogP contribution in [0, 0.1) is 5.41 Å². The fourth-order valence-corrected chi connectivity index (χ4v) is 3.90. The second-order valence-corrected chi connectivity index (χ2v) is 7.55. The topological polar surface area (TPSA) is 62.2 Å². The first kappa shape index (κ1) is 14.8. The molecule has 2 aliphatic rings. The third-order valence-electron chi connectivity index (χ3n) is 4.95. The molecule has 23 heavy (non-hydrogen) atoms. The van der Waals surface area contributed by atoms with Gasteiger partial charge in [0.15, 0.2) is 0 Å². The number of rotatable bonds is 6. The molecule has 1 amide bonds. The number of hydrogen-bond donors (Lipinski definition) is 2. The third-order valence-corrected chi connectivity index (χ3v) is 5.79. The fourth-order valence-electron chi connectivity index (χ4n) is 3.11. The van der Waals surface area contributed by atoms with Crippen LogP contribution < -0.4 is 5.32 Å². The van der Waals surface area contributed by atoms with Crippen LogP contribution in [0.1, 0.15) is 58.6 Å². The Morgan fingerprint density at radius 3 is 2.74 bits per heavy atom. The van der Waals surface area contributed by atoms with Gasteiger partial charge in [-0.2, -0.15) is 0 Å². The SMILES string of the molecule is O=C(NCC1(C(O)c2ccccc2)CC1)c1scnc1C1CC1. The summed E-state index contributed by atoms with van der Waals surface area (Å²) in [6, 6.07) is 9.71. The molecule has 1 unspecified atom stereocenters. The summed E-state index contributed by atoms with van der Waals surface area (Å²) in [5.74, 6) is 0.438. The quantitative estimate of drug-likeness (QED) is 0.855. The Labute approximate surface area is 139 Å². The highest BCUT2D eigenvalue weighted by Crippen LogP contribution is 2.54. The second kappa shape index (κ2) is 5.73. The Morgan fingerprint density at radius 2 is 2.09 bits per heavy atom. The zero-order valence-electron chi connectivity index (χ0n) is 12.9. The van der Waals surface area contributed by atoms with Crippen LogP contribution in [0.2, 0.25) is 0 Å². The zero-order valence-corrected chi connectivity index (χ0v) is 13.7. The first-order valence-electron chi connectivity index (χ1n) is 8.14. The number of carbonyl (C=O) groups excluding carboxylic acids is 1. The summed E-state index contributed by atoms with van der Waals surface area (Å²) in [4.78, 5) is 17.6. The molecule has 4 rings (SSSR count). The summed E-state index contributed by atoms with van der Waals surface area (Å²) in [5, 5.41) is 13.7. The zero-order chi connectivity index (χ0) is 15.9. The van der Waals surface area contributed by atoms with Gasteiger partial charge in [0.1, 0.15) is 4.88 Å². The molecule has 120 valence electrons. The molecule has 2 saturated carbocycles. The molecule has 0 bridgehead atoms. The van der Waals surface area contributed by atoms with E-state index >= 15 is 0 Å². The molecule has 2 aliphatic carbocycles.